The van der Waals surface area contributed by atoms with Gasteiger partial charge in [0.05, 0.1) is 28.3 Å². The molecule has 0 amide bonds. The van der Waals surface area contributed by atoms with Gasteiger partial charge in [0.1, 0.15) is 16.9 Å². The third-order valence-corrected chi connectivity index (χ3v) is 11.3. The van der Waals surface area contributed by atoms with Crippen molar-refractivity contribution in [2.75, 3.05) is 0 Å². The second-order valence-corrected chi connectivity index (χ2v) is 15.2. The molecule has 0 bridgehead atoms. The van der Waals surface area contributed by atoms with Crippen LogP contribution in [-0.4, -0.2) is 19.6 Å². The number of aryl methyl sites for hydroxylation is 1. The largest absolute Gasteiger partial charge is 0.507 e. The maximum absolute atomic E-state index is 10.9. The van der Waals surface area contributed by atoms with Gasteiger partial charge in [0.15, 0.2) is 0 Å². The Balaban J connectivity index is 1.10. The molecule has 0 spiro atoms. The summed E-state index contributed by atoms with van der Waals surface area (Å²) in [6.07, 6.45) is 0. The number of pyridine rings is 2. The fourth-order valence-corrected chi connectivity index (χ4v) is 8.63. The van der Waals surface area contributed by atoms with E-state index >= 15 is 0 Å². The molecule has 0 saturated carbocycles. The number of furan rings is 1. The van der Waals surface area contributed by atoms with Crippen molar-refractivity contribution in [3.05, 3.63) is 206 Å². The van der Waals surface area contributed by atoms with Crippen molar-refractivity contribution in [3.63, 3.8) is 0 Å². The highest BCUT2D eigenvalue weighted by molar-refractivity contribution is 6.10. The Labute approximate surface area is 347 Å². The Morgan fingerprint density at radius 2 is 1.07 bits per heavy atom. The molecule has 1 N–H and O–H groups in total. The predicted molar refractivity (Wildman–Crippen MR) is 245 cm³/mol. The van der Waals surface area contributed by atoms with E-state index in [1.54, 1.807) is 6.07 Å². The van der Waals surface area contributed by atoms with Gasteiger partial charge in [-0.1, -0.05) is 121 Å². The third kappa shape index (κ3) is 6.12. The number of rotatable bonds is 7. The van der Waals surface area contributed by atoms with E-state index < -0.39 is 0 Å². The van der Waals surface area contributed by atoms with Crippen molar-refractivity contribution in [1.82, 2.24) is 14.5 Å². The van der Waals surface area contributed by atoms with Crippen LogP contribution in [0.4, 0.5) is 0 Å². The van der Waals surface area contributed by atoms with Gasteiger partial charge < -0.3 is 14.1 Å². The number of nitrogens with zero attached hydrogens (tertiary/aromatic N) is 3. The van der Waals surface area contributed by atoms with Crippen LogP contribution >= 0.6 is 0 Å². The first-order valence-corrected chi connectivity index (χ1v) is 20.1. The normalized spacial score (nSPS) is 11.5. The molecular weight excluding hydrogens is 735 g/mol. The lowest BCUT2D eigenvalue weighted by atomic mass is 9.95. The number of para-hydroxylation sites is 4. The molecule has 4 heterocycles. The standard InChI is InChI=1S/C55H37N3O2/c1-35-29-41(33-47(56-35)37-17-14-18-38(30-37)48-31-40(36-15-4-2-5-16-36)32-49(57-48)45-22-9-12-25-51(45)59)55-54(39-27-28-44-43-21-10-13-26-52(43)60-53(44)34-39)46-23-8-11-24-50(46)58(55)42-19-6-3-7-20-42/h2-34,59H,1H3. The van der Waals surface area contributed by atoms with E-state index in [0.717, 1.165) is 100 Å². The van der Waals surface area contributed by atoms with Crippen molar-refractivity contribution < 1.29 is 9.52 Å². The first-order valence-electron chi connectivity index (χ1n) is 20.1. The molecule has 11 aromatic rings. The predicted octanol–water partition coefficient (Wildman–Crippen LogP) is 14.3. The lowest BCUT2D eigenvalue weighted by molar-refractivity contribution is 0.477. The van der Waals surface area contributed by atoms with Crippen LogP contribution in [0.3, 0.4) is 0 Å². The van der Waals surface area contributed by atoms with Crippen molar-refractivity contribution in [2.24, 2.45) is 0 Å². The molecule has 0 saturated heterocycles. The number of aromatic nitrogens is 3. The highest BCUT2D eigenvalue weighted by Crippen LogP contribution is 2.45. The zero-order valence-electron chi connectivity index (χ0n) is 32.7. The Hall–Kier alpha value is -8.02. The molecule has 60 heavy (non-hydrogen) atoms. The summed E-state index contributed by atoms with van der Waals surface area (Å²) in [5.41, 5.74) is 16.2. The van der Waals surface area contributed by atoms with Gasteiger partial charge in [-0.15, -0.1) is 0 Å². The third-order valence-electron chi connectivity index (χ3n) is 11.3. The molecule has 4 aromatic heterocycles. The Kier molecular flexibility index (Phi) is 8.45. The van der Waals surface area contributed by atoms with E-state index in [-0.39, 0.29) is 5.75 Å². The van der Waals surface area contributed by atoms with E-state index in [2.05, 4.69) is 151 Å². The van der Waals surface area contributed by atoms with E-state index in [0.29, 0.717) is 11.3 Å². The Bertz CT molecular complexity index is 3400. The molecule has 0 aliphatic rings. The van der Waals surface area contributed by atoms with Gasteiger partial charge >= 0.3 is 0 Å². The summed E-state index contributed by atoms with van der Waals surface area (Å²) < 4.78 is 8.82. The van der Waals surface area contributed by atoms with Crippen LogP contribution in [0, 0.1) is 6.92 Å². The molecule has 5 heteroatoms. The van der Waals surface area contributed by atoms with Crippen molar-refractivity contribution in [1.29, 1.82) is 0 Å². The van der Waals surface area contributed by atoms with Gasteiger partial charge in [0.25, 0.3) is 0 Å². The molecule has 0 fully saturated rings. The van der Waals surface area contributed by atoms with Gasteiger partial charge in [0, 0.05) is 55.4 Å². The zero-order valence-corrected chi connectivity index (χ0v) is 32.7. The van der Waals surface area contributed by atoms with Crippen molar-refractivity contribution in [2.45, 2.75) is 6.92 Å². The van der Waals surface area contributed by atoms with Crippen molar-refractivity contribution >= 4 is 32.8 Å². The van der Waals surface area contributed by atoms with Gasteiger partial charge in [-0.3, -0.25) is 4.98 Å². The fraction of sp³-hybridized carbons (Fsp3) is 0.0182. The number of phenolic OH excluding ortho intramolecular Hbond substituents is 1. The van der Waals surface area contributed by atoms with Crippen LogP contribution in [0.15, 0.2) is 205 Å². The lowest BCUT2D eigenvalue weighted by Gasteiger charge is -2.15. The SMILES string of the molecule is Cc1cc(-c2c(-c3ccc4c(c3)oc3ccccc34)c3ccccc3n2-c2ccccc2)cc(-c2cccc(-c3cc(-c4ccccc4)cc(-c4ccccc4O)n3)c2)n1. The topological polar surface area (TPSA) is 64.1 Å². The zero-order chi connectivity index (χ0) is 40.2. The van der Waals surface area contributed by atoms with Crippen LogP contribution in [-0.2, 0) is 0 Å². The quantitative estimate of drug-likeness (QED) is 0.175. The minimum absolute atomic E-state index is 0.191. The second kappa shape index (κ2) is 14.4. The van der Waals surface area contributed by atoms with Gasteiger partial charge in [-0.25, -0.2) is 4.98 Å². The van der Waals surface area contributed by atoms with E-state index in [1.807, 2.05) is 54.6 Å². The van der Waals surface area contributed by atoms with Crippen LogP contribution in [0.1, 0.15) is 5.69 Å². The molecule has 0 radical (unpaired) electrons. The van der Waals surface area contributed by atoms with Gasteiger partial charge in [0.2, 0.25) is 0 Å². The maximum Gasteiger partial charge on any atom is 0.136 e. The minimum Gasteiger partial charge on any atom is -0.507 e. The number of phenols is 1. The second-order valence-electron chi connectivity index (χ2n) is 15.2. The molecule has 0 unspecified atom stereocenters. The number of fused-ring (bicyclic) bond motifs is 4. The van der Waals surface area contributed by atoms with Gasteiger partial charge in [-0.05, 0) is 102 Å². The van der Waals surface area contributed by atoms with Crippen LogP contribution in [0.25, 0.3) is 106 Å². The van der Waals surface area contributed by atoms with Gasteiger partial charge in [-0.2, -0.15) is 0 Å². The molecule has 284 valence electrons. The van der Waals surface area contributed by atoms with E-state index in [4.69, 9.17) is 14.4 Å². The first-order chi connectivity index (χ1) is 29.6. The lowest BCUT2D eigenvalue weighted by Crippen LogP contribution is -1.99. The highest BCUT2D eigenvalue weighted by atomic mass is 16.3. The van der Waals surface area contributed by atoms with Crippen LogP contribution < -0.4 is 0 Å². The van der Waals surface area contributed by atoms with Crippen LogP contribution in [0.5, 0.6) is 5.75 Å². The van der Waals surface area contributed by atoms with Crippen molar-refractivity contribution in [3.8, 4) is 78.7 Å². The summed E-state index contributed by atoms with van der Waals surface area (Å²) in [7, 11) is 0. The number of hydrogen-bond acceptors (Lipinski definition) is 4. The highest BCUT2D eigenvalue weighted by Gasteiger charge is 2.23. The maximum atomic E-state index is 10.9. The average molecular weight is 772 g/mol. The average Bonchev–Trinajstić information content (AvgIpc) is 3.85. The number of hydrogen-bond donors (Lipinski definition) is 1. The van der Waals surface area contributed by atoms with Crippen LogP contribution in [0.2, 0.25) is 0 Å². The monoisotopic (exact) mass is 771 g/mol. The summed E-state index contributed by atoms with van der Waals surface area (Å²) in [5, 5.41) is 14.2. The Morgan fingerprint density at radius 1 is 0.433 bits per heavy atom. The minimum atomic E-state index is 0.191. The molecule has 7 aromatic carbocycles. The molecule has 0 atom stereocenters. The van der Waals surface area contributed by atoms with E-state index in [1.165, 1.54) is 0 Å². The summed E-state index contributed by atoms with van der Waals surface area (Å²) >= 11 is 0. The molecule has 0 aliphatic heterocycles. The first kappa shape index (κ1) is 35.2. The summed E-state index contributed by atoms with van der Waals surface area (Å²) in [5.74, 6) is 0.191. The molecular formula is C55H37N3O2. The number of aromatic hydroxyl groups is 1. The molecule has 5 nitrogen and oxygen atoms in total. The molecule has 11 rings (SSSR count). The summed E-state index contributed by atoms with van der Waals surface area (Å²) in [6.45, 7) is 2.07. The summed E-state index contributed by atoms with van der Waals surface area (Å²) in [4.78, 5) is 10.3. The smallest absolute Gasteiger partial charge is 0.136 e. The summed E-state index contributed by atoms with van der Waals surface area (Å²) in [6, 6.07) is 68.7. The molecule has 0 aliphatic carbocycles. The number of benzene rings is 7. The fourth-order valence-electron chi connectivity index (χ4n) is 8.63. The Morgan fingerprint density at radius 3 is 1.88 bits per heavy atom. The van der Waals surface area contributed by atoms with E-state index in [9.17, 15) is 5.11 Å².